The molecular weight excluding hydrogens is 259 g/mol. The third-order valence-corrected chi connectivity index (χ3v) is 2.38. The quantitative estimate of drug-likeness (QED) is 0.741. The van der Waals surface area contributed by atoms with E-state index >= 15 is 0 Å². The molecule has 5 heteroatoms. The van der Waals surface area contributed by atoms with Crippen molar-refractivity contribution in [1.29, 1.82) is 0 Å². The molecular formula is C9H5BrF3N. The zero-order chi connectivity index (χ0) is 10.3. The van der Waals surface area contributed by atoms with Crippen molar-refractivity contribution in [3.63, 3.8) is 0 Å². The van der Waals surface area contributed by atoms with E-state index in [1.165, 1.54) is 0 Å². The Labute approximate surface area is 86.1 Å². The third kappa shape index (κ3) is 1.64. The average Bonchev–Trinajstić information content (AvgIpc) is 2.45. The van der Waals surface area contributed by atoms with Crippen LogP contribution < -0.4 is 0 Å². The van der Waals surface area contributed by atoms with Crippen LogP contribution in [-0.2, 0) is 6.18 Å². The van der Waals surface area contributed by atoms with Crippen LogP contribution in [-0.4, -0.2) is 4.98 Å². The van der Waals surface area contributed by atoms with E-state index in [-0.39, 0.29) is 0 Å². The largest absolute Gasteiger partial charge is 0.431 e. The number of H-pyrrole nitrogens is 1. The number of aromatic nitrogens is 1. The summed E-state index contributed by atoms with van der Waals surface area (Å²) >= 11 is 3.20. The van der Waals surface area contributed by atoms with Gasteiger partial charge in [-0.25, -0.2) is 0 Å². The standard InChI is InChI=1S/C9H5BrF3N/c10-6-1-2-7-5(3-6)4-8(14-7)9(11,12)13/h1-4,14H. The van der Waals surface area contributed by atoms with Gasteiger partial charge < -0.3 is 4.98 Å². The van der Waals surface area contributed by atoms with Gasteiger partial charge in [0.2, 0.25) is 0 Å². The molecule has 1 heterocycles. The predicted octanol–water partition coefficient (Wildman–Crippen LogP) is 3.95. The SMILES string of the molecule is FC(F)(F)c1cc2cc(Br)ccc2[nH]1. The number of hydrogen-bond donors (Lipinski definition) is 1. The Morgan fingerprint density at radius 2 is 1.86 bits per heavy atom. The first-order valence-electron chi connectivity index (χ1n) is 3.82. The summed E-state index contributed by atoms with van der Waals surface area (Å²) in [6, 6.07) is 6.04. The fourth-order valence-electron chi connectivity index (χ4n) is 1.26. The molecule has 0 fully saturated rings. The van der Waals surface area contributed by atoms with Crippen molar-refractivity contribution >= 4 is 26.8 Å². The number of hydrogen-bond acceptors (Lipinski definition) is 0. The molecule has 0 atom stereocenters. The summed E-state index contributed by atoms with van der Waals surface area (Å²) in [7, 11) is 0. The summed E-state index contributed by atoms with van der Waals surface area (Å²) in [5.74, 6) is 0. The first kappa shape index (κ1) is 9.58. The smallest absolute Gasteiger partial charge is 0.351 e. The molecule has 0 bridgehead atoms. The minimum Gasteiger partial charge on any atom is -0.351 e. The van der Waals surface area contributed by atoms with Gasteiger partial charge in [-0.15, -0.1) is 0 Å². The highest BCUT2D eigenvalue weighted by molar-refractivity contribution is 9.10. The van der Waals surface area contributed by atoms with Crippen LogP contribution in [0, 0.1) is 0 Å². The molecule has 1 aromatic heterocycles. The Bertz CT molecular complexity index is 472. The van der Waals surface area contributed by atoms with Crippen molar-refractivity contribution in [1.82, 2.24) is 4.98 Å². The van der Waals surface area contributed by atoms with Crippen LogP contribution in [0.2, 0.25) is 0 Å². The summed E-state index contributed by atoms with van der Waals surface area (Å²) in [5, 5.41) is 0.548. The van der Waals surface area contributed by atoms with Crippen LogP contribution in [0.15, 0.2) is 28.7 Å². The van der Waals surface area contributed by atoms with E-state index < -0.39 is 11.9 Å². The molecule has 74 valence electrons. The van der Waals surface area contributed by atoms with E-state index in [1.807, 2.05) is 0 Å². The average molecular weight is 264 g/mol. The molecule has 2 rings (SSSR count). The van der Waals surface area contributed by atoms with Gasteiger partial charge in [0.15, 0.2) is 0 Å². The zero-order valence-corrected chi connectivity index (χ0v) is 8.41. The monoisotopic (exact) mass is 263 g/mol. The van der Waals surface area contributed by atoms with Crippen molar-refractivity contribution in [2.24, 2.45) is 0 Å². The van der Waals surface area contributed by atoms with Crippen molar-refractivity contribution in [2.45, 2.75) is 6.18 Å². The Morgan fingerprint density at radius 1 is 1.14 bits per heavy atom. The van der Waals surface area contributed by atoms with Gasteiger partial charge in [-0.1, -0.05) is 15.9 Å². The summed E-state index contributed by atoms with van der Waals surface area (Å²) in [6.07, 6.45) is -4.31. The van der Waals surface area contributed by atoms with Crippen LogP contribution in [0.4, 0.5) is 13.2 Å². The van der Waals surface area contributed by atoms with Gasteiger partial charge in [0.05, 0.1) is 0 Å². The minimum absolute atomic E-state index is 0.487. The predicted molar refractivity (Wildman–Crippen MR) is 51.0 cm³/mol. The molecule has 0 saturated heterocycles. The molecule has 0 aliphatic rings. The van der Waals surface area contributed by atoms with E-state index in [4.69, 9.17) is 0 Å². The van der Waals surface area contributed by atoms with Crippen molar-refractivity contribution in [3.8, 4) is 0 Å². The van der Waals surface area contributed by atoms with Crippen LogP contribution >= 0.6 is 15.9 Å². The summed E-state index contributed by atoms with van der Waals surface area (Å²) in [5.41, 5.74) is -0.230. The molecule has 0 spiro atoms. The van der Waals surface area contributed by atoms with E-state index in [0.717, 1.165) is 10.5 Å². The van der Waals surface area contributed by atoms with Gasteiger partial charge in [0.25, 0.3) is 0 Å². The molecule has 1 N–H and O–H groups in total. The fraction of sp³-hybridized carbons (Fsp3) is 0.111. The lowest BCUT2D eigenvalue weighted by Crippen LogP contribution is -2.04. The zero-order valence-electron chi connectivity index (χ0n) is 6.82. The van der Waals surface area contributed by atoms with E-state index in [2.05, 4.69) is 20.9 Å². The number of halogens is 4. The van der Waals surface area contributed by atoms with Crippen LogP contribution in [0.1, 0.15) is 5.69 Å². The van der Waals surface area contributed by atoms with Gasteiger partial charge in [0, 0.05) is 15.4 Å². The maximum Gasteiger partial charge on any atom is 0.431 e. The van der Waals surface area contributed by atoms with E-state index in [0.29, 0.717) is 10.9 Å². The third-order valence-electron chi connectivity index (χ3n) is 1.89. The summed E-state index contributed by atoms with van der Waals surface area (Å²) < 4.78 is 37.6. The molecule has 2 aromatic rings. The number of fused-ring (bicyclic) bond motifs is 1. The van der Waals surface area contributed by atoms with Gasteiger partial charge in [-0.05, 0) is 24.3 Å². The second kappa shape index (κ2) is 3.02. The second-order valence-corrected chi connectivity index (χ2v) is 3.83. The van der Waals surface area contributed by atoms with Crippen LogP contribution in [0.5, 0.6) is 0 Å². The van der Waals surface area contributed by atoms with Gasteiger partial charge >= 0.3 is 6.18 Å². The molecule has 0 amide bonds. The highest BCUT2D eigenvalue weighted by atomic mass is 79.9. The van der Waals surface area contributed by atoms with Crippen molar-refractivity contribution < 1.29 is 13.2 Å². The lowest BCUT2D eigenvalue weighted by molar-refractivity contribution is -0.140. The lowest BCUT2D eigenvalue weighted by atomic mass is 10.2. The number of rotatable bonds is 0. The Hall–Kier alpha value is -0.970. The summed E-state index contributed by atoms with van der Waals surface area (Å²) in [6.45, 7) is 0. The Kier molecular flexibility index (Phi) is 2.06. The molecule has 0 radical (unpaired) electrons. The fourth-order valence-corrected chi connectivity index (χ4v) is 1.64. The van der Waals surface area contributed by atoms with Crippen LogP contribution in [0.25, 0.3) is 10.9 Å². The highest BCUT2D eigenvalue weighted by Gasteiger charge is 2.32. The second-order valence-electron chi connectivity index (χ2n) is 2.91. The number of benzene rings is 1. The first-order chi connectivity index (χ1) is 6.47. The number of alkyl halides is 3. The van der Waals surface area contributed by atoms with Gasteiger partial charge in [0.1, 0.15) is 5.69 Å². The van der Waals surface area contributed by atoms with Crippen molar-refractivity contribution in [2.75, 3.05) is 0 Å². The molecule has 14 heavy (non-hydrogen) atoms. The maximum atomic E-state index is 12.3. The van der Waals surface area contributed by atoms with Gasteiger partial charge in [-0.2, -0.15) is 13.2 Å². The number of aromatic amines is 1. The highest BCUT2D eigenvalue weighted by Crippen LogP contribution is 2.31. The molecule has 0 saturated carbocycles. The normalized spacial score (nSPS) is 12.3. The maximum absolute atomic E-state index is 12.3. The summed E-state index contributed by atoms with van der Waals surface area (Å²) in [4.78, 5) is 2.32. The molecule has 0 aliphatic carbocycles. The molecule has 0 aliphatic heterocycles. The number of nitrogens with one attached hydrogen (secondary N) is 1. The van der Waals surface area contributed by atoms with E-state index in [1.54, 1.807) is 18.2 Å². The van der Waals surface area contributed by atoms with Crippen molar-refractivity contribution in [3.05, 3.63) is 34.4 Å². The first-order valence-corrected chi connectivity index (χ1v) is 4.61. The van der Waals surface area contributed by atoms with Crippen LogP contribution in [0.3, 0.4) is 0 Å². The Morgan fingerprint density at radius 3 is 2.50 bits per heavy atom. The van der Waals surface area contributed by atoms with Gasteiger partial charge in [-0.3, -0.25) is 0 Å². The minimum atomic E-state index is -4.31. The van der Waals surface area contributed by atoms with E-state index in [9.17, 15) is 13.2 Å². The molecule has 0 unspecified atom stereocenters. The molecule has 1 aromatic carbocycles. The lowest BCUT2D eigenvalue weighted by Gasteiger charge is -2.00. The molecule has 1 nitrogen and oxygen atoms in total. The Balaban J connectivity index is 2.63. The topological polar surface area (TPSA) is 15.8 Å².